The number of ether oxygens (including phenoxy) is 1. The maximum absolute atomic E-state index is 5.58. The third kappa shape index (κ3) is 1.64. The molecule has 1 N–H and O–H groups in total. The zero-order valence-electron chi connectivity index (χ0n) is 11.1. The van der Waals surface area contributed by atoms with Gasteiger partial charge in [-0.25, -0.2) is 4.98 Å². The van der Waals surface area contributed by atoms with Crippen molar-refractivity contribution >= 4 is 11.0 Å². The lowest BCUT2D eigenvalue weighted by Crippen LogP contribution is -2.32. The molecule has 1 aliphatic rings. The predicted octanol–water partition coefficient (Wildman–Crippen LogP) is 1.58. The lowest BCUT2D eigenvalue weighted by Gasteiger charge is -2.16. The average molecular weight is 245 g/mol. The Bertz CT molecular complexity index is 576. The van der Waals surface area contributed by atoms with Crippen LogP contribution in [-0.4, -0.2) is 35.9 Å². The molecule has 1 aliphatic heterocycles. The number of likely N-dealkylation sites (N-methyl/N-ethyl adjacent to an activating group) is 1. The maximum atomic E-state index is 5.58. The van der Waals surface area contributed by atoms with Crippen molar-refractivity contribution in [2.45, 2.75) is 18.9 Å². The van der Waals surface area contributed by atoms with E-state index in [9.17, 15) is 0 Å². The monoisotopic (exact) mass is 245 g/mol. The van der Waals surface area contributed by atoms with Crippen molar-refractivity contribution in [1.29, 1.82) is 0 Å². The zero-order valence-corrected chi connectivity index (χ0v) is 11.1. The molecular formula is C14H19N3O. The van der Waals surface area contributed by atoms with Crippen molar-refractivity contribution in [3.8, 4) is 0 Å². The summed E-state index contributed by atoms with van der Waals surface area (Å²) in [6.45, 7) is 3.65. The van der Waals surface area contributed by atoms with Crippen LogP contribution in [0.1, 0.15) is 17.3 Å². The minimum absolute atomic E-state index is 0.340. The Kier molecular flexibility index (Phi) is 2.84. The lowest BCUT2D eigenvalue weighted by atomic mass is 10.0. The van der Waals surface area contributed by atoms with Crippen LogP contribution in [0.5, 0.6) is 0 Å². The Morgan fingerprint density at radius 3 is 2.94 bits per heavy atom. The molecule has 4 nitrogen and oxygen atoms in total. The highest BCUT2D eigenvalue weighted by Crippen LogP contribution is 2.28. The van der Waals surface area contributed by atoms with Gasteiger partial charge >= 0.3 is 0 Å². The van der Waals surface area contributed by atoms with Gasteiger partial charge in [-0.1, -0.05) is 12.1 Å². The van der Waals surface area contributed by atoms with Gasteiger partial charge in [0, 0.05) is 13.1 Å². The van der Waals surface area contributed by atoms with E-state index in [1.54, 1.807) is 0 Å². The van der Waals surface area contributed by atoms with E-state index in [2.05, 4.69) is 42.1 Å². The van der Waals surface area contributed by atoms with Gasteiger partial charge in [-0.2, -0.15) is 0 Å². The summed E-state index contributed by atoms with van der Waals surface area (Å²) in [5, 5.41) is 3.32. The van der Waals surface area contributed by atoms with Gasteiger partial charge in [0.1, 0.15) is 5.82 Å². The van der Waals surface area contributed by atoms with E-state index >= 15 is 0 Å². The molecule has 0 radical (unpaired) electrons. The fourth-order valence-corrected chi connectivity index (χ4v) is 2.91. The van der Waals surface area contributed by atoms with Crippen molar-refractivity contribution in [3.05, 3.63) is 29.6 Å². The van der Waals surface area contributed by atoms with E-state index in [4.69, 9.17) is 9.72 Å². The van der Waals surface area contributed by atoms with E-state index < -0.39 is 0 Å². The quantitative estimate of drug-likeness (QED) is 0.873. The number of nitrogens with one attached hydrogen (secondary N) is 1. The van der Waals surface area contributed by atoms with E-state index in [1.165, 1.54) is 11.1 Å². The summed E-state index contributed by atoms with van der Waals surface area (Å²) < 4.78 is 7.80. The lowest BCUT2D eigenvalue weighted by molar-refractivity contribution is 0.188. The van der Waals surface area contributed by atoms with Crippen LogP contribution in [0.2, 0.25) is 0 Å². The highest BCUT2D eigenvalue weighted by atomic mass is 16.5. The van der Waals surface area contributed by atoms with Crippen LogP contribution < -0.4 is 5.32 Å². The van der Waals surface area contributed by atoms with E-state index in [0.29, 0.717) is 12.0 Å². The largest absolute Gasteiger partial charge is 0.379 e. The average Bonchev–Trinajstić information content (AvgIpc) is 2.94. The molecule has 2 atom stereocenters. The van der Waals surface area contributed by atoms with Crippen LogP contribution >= 0.6 is 0 Å². The highest BCUT2D eigenvalue weighted by molar-refractivity contribution is 5.79. The van der Waals surface area contributed by atoms with Gasteiger partial charge in [-0.15, -0.1) is 0 Å². The summed E-state index contributed by atoms with van der Waals surface area (Å²) in [6.07, 6.45) is 0. The summed E-state index contributed by atoms with van der Waals surface area (Å²) in [5.41, 5.74) is 3.58. The van der Waals surface area contributed by atoms with Gasteiger partial charge in [0.05, 0.1) is 30.2 Å². The number of para-hydroxylation sites is 1. The highest BCUT2D eigenvalue weighted by Gasteiger charge is 2.32. The van der Waals surface area contributed by atoms with Crippen LogP contribution in [0.25, 0.3) is 11.0 Å². The second-order valence-corrected chi connectivity index (χ2v) is 5.01. The summed E-state index contributed by atoms with van der Waals surface area (Å²) >= 11 is 0. The van der Waals surface area contributed by atoms with Crippen LogP contribution in [0.4, 0.5) is 0 Å². The number of aromatic nitrogens is 2. The first-order valence-electron chi connectivity index (χ1n) is 6.39. The molecule has 1 aromatic heterocycles. The third-order valence-electron chi connectivity index (χ3n) is 3.91. The third-order valence-corrected chi connectivity index (χ3v) is 3.91. The second-order valence-electron chi connectivity index (χ2n) is 5.01. The number of rotatable bonds is 2. The minimum atomic E-state index is 0.340. The van der Waals surface area contributed by atoms with Gasteiger partial charge in [0.2, 0.25) is 0 Å². The molecular weight excluding hydrogens is 226 g/mol. The fourth-order valence-electron chi connectivity index (χ4n) is 2.91. The number of aryl methyl sites for hydroxylation is 2. The summed E-state index contributed by atoms with van der Waals surface area (Å²) in [5.74, 6) is 1.46. The number of nitrogens with zero attached hydrogens (tertiary/aromatic N) is 2. The van der Waals surface area contributed by atoms with Gasteiger partial charge in [-0.05, 0) is 25.6 Å². The number of fused-ring (bicyclic) bond motifs is 1. The Morgan fingerprint density at radius 2 is 2.22 bits per heavy atom. The SMILES string of the molecule is CNC1COCC1c1nc2cccc(C)c2n1C. The van der Waals surface area contributed by atoms with Crippen molar-refractivity contribution in [3.63, 3.8) is 0 Å². The number of hydrogen-bond donors (Lipinski definition) is 1. The molecule has 2 heterocycles. The Morgan fingerprint density at radius 1 is 1.39 bits per heavy atom. The molecule has 1 aromatic carbocycles. The first-order chi connectivity index (χ1) is 8.72. The van der Waals surface area contributed by atoms with Gasteiger partial charge in [0.25, 0.3) is 0 Å². The second kappa shape index (κ2) is 4.37. The number of imidazole rings is 1. The molecule has 0 aliphatic carbocycles. The van der Waals surface area contributed by atoms with Crippen LogP contribution in [-0.2, 0) is 11.8 Å². The molecule has 2 aromatic rings. The first kappa shape index (κ1) is 11.7. The van der Waals surface area contributed by atoms with Crippen LogP contribution in [0, 0.1) is 6.92 Å². The molecule has 3 rings (SSSR count). The molecule has 96 valence electrons. The summed E-state index contributed by atoms with van der Waals surface area (Å²) in [4.78, 5) is 4.80. The topological polar surface area (TPSA) is 39.1 Å². The normalized spacial score (nSPS) is 23.9. The Balaban J connectivity index is 2.13. The zero-order chi connectivity index (χ0) is 12.7. The molecule has 1 saturated heterocycles. The molecule has 2 unspecified atom stereocenters. The molecule has 1 fully saturated rings. The minimum Gasteiger partial charge on any atom is -0.379 e. The molecule has 0 bridgehead atoms. The maximum Gasteiger partial charge on any atom is 0.116 e. The van der Waals surface area contributed by atoms with Crippen LogP contribution in [0.15, 0.2) is 18.2 Å². The first-order valence-corrected chi connectivity index (χ1v) is 6.39. The van der Waals surface area contributed by atoms with E-state index in [0.717, 1.165) is 24.6 Å². The fraction of sp³-hybridized carbons (Fsp3) is 0.500. The van der Waals surface area contributed by atoms with E-state index in [1.807, 2.05) is 7.05 Å². The van der Waals surface area contributed by atoms with Crippen molar-refractivity contribution in [1.82, 2.24) is 14.9 Å². The van der Waals surface area contributed by atoms with Crippen molar-refractivity contribution in [2.24, 2.45) is 7.05 Å². The predicted molar refractivity (Wildman–Crippen MR) is 71.9 cm³/mol. The molecule has 0 saturated carbocycles. The van der Waals surface area contributed by atoms with Crippen LogP contribution in [0.3, 0.4) is 0 Å². The Hall–Kier alpha value is -1.39. The number of hydrogen-bond acceptors (Lipinski definition) is 3. The standard InChI is InChI=1S/C14H19N3O/c1-9-5-4-6-11-13(9)17(3)14(16-11)10-7-18-8-12(10)15-2/h4-6,10,12,15H,7-8H2,1-3H3. The molecule has 0 amide bonds. The summed E-state index contributed by atoms with van der Waals surface area (Å²) in [6, 6.07) is 6.64. The van der Waals surface area contributed by atoms with E-state index in [-0.39, 0.29) is 0 Å². The Labute approximate surface area is 107 Å². The molecule has 4 heteroatoms. The van der Waals surface area contributed by atoms with Crippen molar-refractivity contribution < 1.29 is 4.74 Å². The van der Waals surface area contributed by atoms with Gasteiger partial charge < -0.3 is 14.6 Å². The summed E-state index contributed by atoms with van der Waals surface area (Å²) in [7, 11) is 4.09. The number of benzene rings is 1. The van der Waals surface area contributed by atoms with Crippen molar-refractivity contribution in [2.75, 3.05) is 20.3 Å². The molecule has 0 spiro atoms. The molecule has 18 heavy (non-hydrogen) atoms. The van der Waals surface area contributed by atoms with Gasteiger partial charge in [0.15, 0.2) is 0 Å². The van der Waals surface area contributed by atoms with Gasteiger partial charge in [-0.3, -0.25) is 0 Å². The smallest absolute Gasteiger partial charge is 0.116 e.